The fourth-order valence-electron chi connectivity index (χ4n) is 3.68. The minimum absolute atomic E-state index is 0.0632. The second-order valence-corrected chi connectivity index (χ2v) is 7.59. The van der Waals surface area contributed by atoms with E-state index in [1.54, 1.807) is 48.5 Å². The summed E-state index contributed by atoms with van der Waals surface area (Å²) in [6.07, 6.45) is 0. The van der Waals surface area contributed by atoms with Crippen molar-refractivity contribution in [3.63, 3.8) is 0 Å². The Bertz CT molecular complexity index is 1140. The van der Waals surface area contributed by atoms with Crippen molar-refractivity contribution in [2.24, 2.45) is 0 Å². The van der Waals surface area contributed by atoms with Gasteiger partial charge < -0.3 is 19.9 Å². The minimum atomic E-state index is -2.17. The first-order valence-electron chi connectivity index (χ1n) is 10.4. The van der Waals surface area contributed by atoms with Crippen LogP contribution in [0, 0.1) is 29.1 Å². The zero-order chi connectivity index (χ0) is 24.2. The standard InChI is InChI=1S/C24H20F5N3O2/c25-19-20(26)22(28)24(23(29)21(19)27)32-12-10-31(11-13-32)16-8-6-15(7-9-16)30-18(33)14-34-17-4-2-1-3-5-17/h1-9H,10-14H2,(H,30,33). The van der Waals surface area contributed by atoms with Crippen LogP contribution in [0.15, 0.2) is 54.6 Å². The maximum atomic E-state index is 14.1. The van der Waals surface area contributed by atoms with Gasteiger partial charge in [0.1, 0.15) is 11.4 Å². The number of hydrogen-bond acceptors (Lipinski definition) is 4. The van der Waals surface area contributed by atoms with Gasteiger partial charge in [-0.05, 0) is 36.4 Å². The fourth-order valence-corrected chi connectivity index (χ4v) is 3.68. The molecule has 0 bridgehead atoms. The molecule has 10 heteroatoms. The Morgan fingerprint density at radius 1 is 0.735 bits per heavy atom. The maximum Gasteiger partial charge on any atom is 0.262 e. The van der Waals surface area contributed by atoms with Crippen LogP contribution in [0.3, 0.4) is 0 Å². The lowest BCUT2D eigenvalue weighted by Gasteiger charge is -2.37. The lowest BCUT2D eigenvalue weighted by Crippen LogP contribution is -2.47. The largest absolute Gasteiger partial charge is 0.484 e. The Labute approximate surface area is 192 Å². The molecule has 0 saturated carbocycles. The third-order valence-corrected chi connectivity index (χ3v) is 5.41. The molecule has 0 radical (unpaired) electrons. The molecule has 0 aliphatic carbocycles. The van der Waals surface area contributed by atoms with Crippen LogP contribution < -0.4 is 19.9 Å². The highest BCUT2D eigenvalue weighted by molar-refractivity contribution is 5.92. The van der Waals surface area contributed by atoms with Crippen LogP contribution in [0.1, 0.15) is 0 Å². The second-order valence-electron chi connectivity index (χ2n) is 7.59. The molecule has 3 aromatic rings. The van der Waals surface area contributed by atoms with Gasteiger partial charge in [0, 0.05) is 37.6 Å². The van der Waals surface area contributed by atoms with Crippen LogP contribution >= 0.6 is 0 Å². The normalized spacial score (nSPS) is 13.7. The molecule has 0 atom stereocenters. The molecule has 0 unspecified atom stereocenters. The van der Waals surface area contributed by atoms with Gasteiger partial charge >= 0.3 is 0 Å². The highest BCUT2D eigenvalue weighted by Crippen LogP contribution is 2.31. The summed E-state index contributed by atoms with van der Waals surface area (Å²) in [5.41, 5.74) is 0.438. The predicted molar refractivity (Wildman–Crippen MR) is 118 cm³/mol. The summed E-state index contributed by atoms with van der Waals surface area (Å²) in [7, 11) is 0. The second kappa shape index (κ2) is 9.98. The molecule has 178 valence electrons. The predicted octanol–water partition coefficient (Wildman–Crippen LogP) is 4.73. The molecule has 1 heterocycles. The van der Waals surface area contributed by atoms with Gasteiger partial charge in [0.25, 0.3) is 5.91 Å². The molecule has 5 nitrogen and oxygen atoms in total. The average molecular weight is 477 g/mol. The maximum absolute atomic E-state index is 14.1. The number of nitrogens with zero attached hydrogens (tertiary/aromatic N) is 2. The fraction of sp³-hybridized carbons (Fsp3) is 0.208. The van der Waals surface area contributed by atoms with Crippen molar-refractivity contribution in [1.29, 1.82) is 0 Å². The molecule has 0 aromatic heterocycles. The average Bonchev–Trinajstić information content (AvgIpc) is 2.87. The Kier molecular flexibility index (Phi) is 6.85. The molecule has 1 saturated heterocycles. The number of piperazine rings is 1. The minimum Gasteiger partial charge on any atom is -0.484 e. The summed E-state index contributed by atoms with van der Waals surface area (Å²) in [6.45, 7) is 0.582. The van der Waals surface area contributed by atoms with Crippen LogP contribution in [0.2, 0.25) is 0 Å². The molecule has 1 fully saturated rings. The van der Waals surface area contributed by atoms with E-state index in [4.69, 9.17) is 4.74 Å². The summed E-state index contributed by atoms with van der Waals surface area (Å²) < 4.78 is 73.9. The lowest BCUT2D eigenvalue weighted by atomic mass is 10.2. The SMILES string of the molecule is O=C(COc1ccccc1)Nc1ccc(N2CCN(c3c(F)c(F)c(F)c(F)c3F)CC2)cc1. The molecule has 3 aromatic carbocycles. The van der Waals surface area contributed by atoms with E-state index in [0.29, 0.717) is 24.5 Å². The van der Waals surface area contributed by atoms with Gasteiger partial charge in [0.2, 0.25) is 5.82 Å². The number of ether oxygens (including phenoxy) is 1. The summed E-state index contributed by atoms with van der Waals surface area (Å²) >= 11 is 0. The summed E-state index contributed by atoms with van der Waals surface area (Å²) in [5.74, 6) is -9.49. The topological polar surface area (TPSA) is 44.8 Å². The Morgan fingerprint density at radius 3 is 1.85 bits per heavy atom. The number of rotatable bonds is 6. The number of hydrogen-bond donors (Lipinski definition) is 1. The van der Waals surface area contributed by atoms with Crippen LogP contribution in [0.5, 0.6) is 5.75 Å². The van der Waals surface area contributed by atoms with Crippen LogP contribution in [-0.4, -0.2) is 38.7 Å². The monoisotopic (exact) mass is 477 g/mol. The molecular formula is C24H20F5N3O2. The Balaban J connectivity index is 1.33. The van der Waals surface area contributed by atoms with Gasteiger partial charge in [0.05, 0.1) is 0 Å². The van der Waals surface area contributed by atoms with Gasteiger partial charge in [-0.2, -0.15) is 0 Å². The first-order valence-corrected chi connectivity index (χ1v) is 10.4. The molecule has 0 spiro atoms. The number of carbonyl (C=O) groups excluding carboxylic acids is 1. The first-order chi connectivity index (χ1) is 16.3. The van der Waals surface area contributed by atoms with Crippen molar-refractivity contribution < 1.29 is 31.5 Å². The summed E-state index contributed by atoms with van der Waals surface area (Å²) in [4.78, 5) is 15.1. The van der Waals surface area contributed by atoms with Gasteiger partial charge in [-0.1, -0.05) is 18.2 Å². The lowest BCUT2D eigenvalue weighted by molar-refractivity contribution is -0.118. The molecule has 1 aliphatic heterocycles. The highest BCUT2D eigenvalue weighted by Gasteiger charge is 2.30. The number of benzene rings is 3. The van der Waals surface area contributed by atoms with E-state index >= 15 is 0 Å². The number of carbonyl (C=O) groups is 1. The molecule has 1 N–H and O–H groups in total. The molecule has 4 rings (SSSR count). The quantitative estimate of drug-likeness (QED) is 0.317. The van der Waals surface area contributed by atoms with Crippen LogP contribution in [-0.2, 0) is 4.79 Å². The van der Waals surface area contributed by atoms with Crippen LogP contribution in [0.25, 0.3) is 0 Å². The van der Waals surface area contributed by atoms with E-state index in [2.05, 4.69) is 5.32 Å². The van der Waals surface area contributed by atoms with Crippen molar-refractivity contribution >= 4 is 23.0 Å². The number of anilines is 3. The Hall–Kier alpha value is -3.82. The van der Waals surface area contributed by atoms with E-state index in [-0.39, 0.29) is 25.6 Å². The van der Waals surface area contributed by atoms with Crippen LogP contribution in [0.4, 0.5) is 39.0 Å². The van der Waals surface area contributed by atoms with E-state index in [1.807, 2.05) is 11.0 Å². The van der Waals surface area contributed by atoms with E-state index in [0.717, 1.165) is 10.6 Å². The van der Waals surface area contributed by atoms with Crippen molar-refractivity contribution in [1.82, 2.24) is 0 Å². The molecular weight excluding hydrogens is 457 g/mol. The first kappa shape index (κ1) is 23.3. The van der Waals surface area contributed by atoms with Gasteiger partial charge in [0.15, 0.2) is 29.9 Å². The van der Waals surface area contributed by atoms with Crippen molar-refractivity contribution in [2.45, 2.75) is 0 Å². The van der Waals surface area contributed by atoms with E-state index in [9.17, 15) is 26.7 Å². The van der Waals surface area contributed by atoms with Gasteiger partial charge in [-0.15, -0.1) is 0 Å². The van der Waals surface area contributed by atoms with E-state index < -0.39 is 34.8 Å². The zero-order valence-corrected chi connectivity index (χ0v) is 17.8. The molecule has 1 amide bonds. The summed E-state index contributed by atoms with van der Waals surface area (Å²) in [5, 5.41) is 2.72. The van der Waals surface area contributed by atoms with Crippen molar-refractivity contribution in [3.8, 4) is 5.75 Å². The number of para-hydroxylation sites is 1. The van der Waals surface area contributed by atoms with Crippen molar-refractivity contribution in [3.05, 3.63) is 83.7 Å². The van der Waals surface area contributed by atoms with Gasteiger partial charge in [-0.3, -0.25) is 4.79 Å². The van der Waals surface area contributed by atoms with E-state index in [1.165, 1.54) is 0 Å². The molecule has 34 heavy (non-hydrogen) atoms. The third kappa shape index (κ3) is 4.90. The third-order valence-electron chi connectivity index (χ3n) is 5.41. The zero-order valence-electron chi connectivity index (χ0n) is 17.8. The molecule has 1 aliphatic rings. The Morgan fingerprint density at radius 2 is 1.26 bits per heavy atom. The smallest absolute Gasteiger partial charge is 0.262 e. The highest BCUT2D eigenvalue weighted by atomic mass is 19.2. The van der Waals surface area contributed by atoms with Gasteiger partial charge in [-0.25, -0.2) is 22.0 Å². The van der Waals surface area contributed by atoms with Crippen molar-refractivity contribution in [2.75, 3.05) is 47.9 Å². The number of nitrogens with one attached hydrogen (secondary N) is 1. The number of halogens is 5. The summed E-state index contributed by atoms with van der Waals surface area (Å²) in [6, 6.07) is 15.9. The number of amides is 1.